The topological polar surface area (TPSA) is 63.6 Å². The van der Waals surface area contributed by atoms with Crippen molar-refractivity contribution in [2.45, 2.75) is 84.0 Å². The Kier molecular flexibility index (Phi) is 15.1. The molecule has 0 spiro atoms. The molecule has 0 saturated carbocycles. The van der Waals surface area contributed by atoms with Crippen LogP contribution in [-0.4, -0.2) is 23.7 Å². The normalized spacial score (nSPS) is 11.0. The molecule has 4 nitrogen and oxygen atoms in total. The van der Waals surface area contributed by atoms with Crippen LogP contribution in [0.4, 0.5) is 0 Å². The van der Waals surface area contributed by atoms with E-state index in [2.05, 4.69) is 13.0 Å². The highest BCUT2D eigenvalue weighted by molar-refractivity contribution is 5.69. The first-order valence-electron chi connectivity index (χ1n) is 8.69. The summed E-state index contributed by atoms with van der Waals surface area (Å²) in [5, 5.41) is 8.50. The predicted octanol–water partition coefficient (Wildman–Crippen LogP) is 4.87. The maximum absolute atomic E-state index is 11.4. The van der Waals surface area contributed by atoms with Crippen LogP contribution in [0.5, 0.6) is 0 Å². The monoisotopic (exact) mass is 312 g/mol. The van der Waals surface area contributed by atoms with Gasteiger partial charge in [0.15, 0.2) is 0 Å². The highest BCUT2D eigenvalue weighted by Crippen LogP contribution is 2.07. The van der Waals surface area contributed by atoms with Gasteiger partial charge in [-0.15, -0.1) is 0 Å². The van der Waals surface area contributed by atoms with Crippen molar-refractivity contribution in [1.82, 2.24) is 0 Å². The van der Waals surface area contributed by atoms with Gasteiger partial charge in [-0.3, -0.25) is 9.59 Å². The molecule has 0 amide bonds. The second-order valence-corrected chi connectivity index (χ2v) is 5.67. The molecular formula is C18H32O4. The number of carbonyl (C=O) groups is 2. The molecule has 22 heavy (non-hydrogen) atoms. The van der Waals surface area contributed by atoms with Gasteiger partial charge in [0.25, 0.3) is 0 Å². The van der Waals surface area contributed by atoms with Crippen molar-refractivity contribution < 1.29 is 19.4 Å². The minimum atomic E-state index is -0.706. The molecule has 0 aromatic rings. The molecular weight excluding hydrogens is 280 g/mol. The summed E-state index contributed by atoms with van der Waals surface area (Å²) in [4.78, 5) is 21.7. The van der Waals surface area contributed by atoms with Crippen LogP contribution >= 0.6 is 0 Å². The van der Waals surface area contributed by atoms with Gasteiger partial charge in [-0.05, 0) is 25.7 Å². The van der Waals surface area contributed by atoms with Gasteiger partial charge in [-0.25, -0.2) is 0 Å². The Morgan fingerprint density at radius 1 is 0.864 bits per heavy atom. The third-order valence-electron chi connectivity index (χ3n) is 3.50. The van der Waals surface area contributed by atoms with Gasteiger partial charge in [-0.2, -0.15) is 0 Å². The Morgan fingerprint density at radius 2 is 1.50 bits per heavy atom. The van der Waals surface area contributed by atoms with E-state index >= 15 is 0 Å². The predicted molar refractivity (Wildman–Crippen MR) is 88.8 cm³/mol. The molecule has 0 rings (SSSR count). The lowest BCUT2D eigenvalue weighted by Crippen LogP contribution is -2.03. The van der Waals surface area contributed by atoms with Gasteiger partial charge in [0, 0.05) is 12.8 Å². The molecule has 0 aliphatic heterocycles. The maximum Gasteiger partial charge on any atom is 0.306 e. The van der Waals surface area contributed by atoms with Crippen molar-refractivity contribution >= 4 is 11.9 Å². The van der Waals surface area contributed by atoms with Gasteiger partial charge >= 0.3 is 11.9 Å². The Bertz CT molecular complexity index is 310. The summed E-state index contributed by atoms with van der Waals surface area (Å²) in [5.41, 5.74) is 0. The van der Waals surface area contributed by atoms with Crippen molar-refractivity contribution in [2.75, 3.05) is 6.61 Å². The molecule has 1 N–H and O–H groups in total. The molecule has 0 aromatic carbocycles. The van der Waals surface area contributed by atoms with Gasteiger partial charge in [0.1, 0.15) is 6.61 Å². The lowest BCUT2D eigenvalue weighted by molar-refractivity contribution is -0.142. The summed E-state index contributed by atoms with van der Waals surface area (Å²) in [6.45, 7) is 2.53. The van der Waals surface area contributed by atoms with Gasteiger partial charge in [0.05, 0.1) is 0 Å². The Balaban J connectivity index is 3.26. The summed E-state index contributed by atoms with van der Waals surface area (Å²) in [5.74, 6) is -0.804. The number of carboxylic acids is 1. The fourth-order valence-corrected chi connectivity index (χ4v) is 2.16. The van der Waals surface area contributed by atoms with Crippen LogP contribution in [0.15, 0.2) is 12.2 Å². The smallest absolute Gasteiger partial charge is 0.306 e. The molecule has 0 heterocycles. The van der Waals surface area contributed by atoms with E-state index in [-0.39, 0.29) is 12.4 Å². The third kappa shape index (κ3) is 16.7. The van der Waals surface area contributed by atoms with E-state index in [0.29, 0.717) is 13.0 Å². The number of ether oxygens (including phenoxy) is 1. The van der Waals surface area contributed by atoms with Crippen LogP contribution < -0.4 is 0 Å². The molecule has 0 aliphatic rings. The van der Waals surface area contributed by atoms with Crippen molar-refractivity contribution in [3.05, 3.63) is 12.2 Å². The number of carbonyl (C=O) groups excluding carboxylic acids is 1. The van der Waals surface area contributed by atoms with E-state index in [1.54, 1.807) is 0 Å². The fraction of sp³-hybridized carbons (Fsp3) is 0.778. The molecule has 0 radical (unpaired) electrons. The zero-order valence-electron chi connectivity index (χ0n) is 14.0. The van der Waals surface area contributed by atoms with E-state index in [4.69, 9.17) is 9.84 Å². The lowest BCUT2D eigenvalue weighted by atomic mass is 10.1. The zero-order chi connectivity index (χ0) is 16.5. The first-order chi connectivity index (χ1) is 10.7. The molecule has 128 valence electrons. The molecule has 0 aliphatic carbocycles. The second kappa shape index (κ2) is 16.1. The molecule has 0 atom stereocenters. The fourth-order valence-electron chi connectivity index (χ4n) is 2.16. The van der Waals surface area contributed by atoms with E-state index in [0.717, 1.165) is 51.4 Å². The van der Waals surface area contributed by atoms with E-state index in [9.17, 15) is 9.59 Å². The number of allylic oxidation sites excluding steroid dienone is 1. The molecule has 4 heteroatoms. The van der Waals surface area contributed by atoms with Crippen LogP contribution in [0.3, 0.4) is 0 Å². The third-order valence-corrected chi connectivity index (χ3v) is 3.50. The van der Waals surface area contributed by atoms with Crippen molar-refractivity contribution in [1.29, 1.82) is 0 Å². The first kappa shape index (κ1) is 20.7. The highest BCUT2D eigenvalue weighted by atomic mass is 16.5. The minimum absolute atomic E-state index is 0.0980. The van der Waals surface area contributed by atoms with Crippen molar-refractivity contribution in [3.63, 3.8) is 0 Å². The summed E-state index contributed by atoms with van der Waals surface area (Å²) >= 11 is 0. The molecule has 0 aromatic heterocycles. The van der Waals surface area contributed by atoms with Crippen molar-refractivity contribution in [3.8, 4) is 0 Å². The second-order valence-electron chi connectivity index (χ2n) is 5.67. The van der Waals surface area contributed by atoms with E-state index in [1.807, 2.05) is 6.08 Å². The van der Waals surface area contributed by atoms with Gasteiger partial charge in [0.2, 0.25) is 0 Å². The Labute approximate surface area is 134 Å². The van der Waals surface area contributed by atoms with E-state index in [1.165, 1.54) is 12.8 Å². The number of hydrogen-bond donors (Lipinski definition) is 1. The average molecular weight is 312 g/mol. The number of hydrogen-bond acceptors (Lipinski definition) is 3. The number of carboxylic acid groups (broad SMARTS) is 1. The summed E-state index contributed by atoms with van der Waals surface area (Å²) < 4.78 is 5.12. The zero-order valence-corrected chi connectivity index (χ0v) is 14.0. The van der Waals surface area contributed by atoms with Crippen LogP contribution in [0, 0.1) is 0 Å². The Hall–Kier alpha value is -1.32. The van der Waals surface area contributed by atoms with E-state index < -0.39 is 5.97 Å². The molecule has 0 saturated heterocycles. The first-order valence-corrected chi connectivity index (χ1v) is 8.69. The lowest BCUT2D eigenvalue weighted by Gasteiger charge is -2.01. The summed E-state index contributed by atoms with van der Waals surface area (Å²) in [7, 11) is 0. The quantitative estimate of drug-likeness (QED) is 0.266. The molecule has 0 unspecified atom stereocenters. The molecule has 0 bridgehead atoms. The Morgan fingerprint density at radius 3 is 2.23 bits per heavy atom. The highest BCUT2D eigenvalue weighted by Gasteiger charge is 2.00. The largest absolute Gasteiger partial charge is 0.481 e. The summed E-state index contributed by atoms with van der Waals surface area (Å²) in [6, 6.07) is 0. The van der Waals surface area contributed by atoms with Crippen LogP contribution in [0.25, 0.3) is 0 Å². The molecule has 0 fully saturated rings. The van der Waals surface area contributed by atoms with Crippen LogP contribution in [0.2, 0.25) is 0 Å². The number of rotatable bonds is 15. The van der Waals surface area contributed by atoms with Crippen molar-refractivity contribution in [2.24, 2.45) is 0 Å². The number of esters is 1. The number of unbranched alkanes of at least 4 members (excludes halogenated alkanes) is 8. The number of aliphatic carboxylic acids is 1. The SMILES string of the molecule is CCCCCCC(=O)OC/C=C\CCCCCCCC(=O)O. The summed E-state index contributed by atoms with van der Waals surface area (Å²) in [6.07, 6.45) is 15.3. The van der Waals surface area contributed by atoms with Gasteiger partial charge in [-0.1, -0.05) is 57.6 Å². The maximum atomic E-state index is 11.4. The minimum Gasteiger partial charge on any atom is -0.481 e. The van der Waals surface area contributed by atoms with Crippen LogP contribution in [-0.2, 0) is 14.3 Å². The van der Waals surface area contributed by atoms with Crippen LogP contribution in [0.1, 0.15) is 84.0 Å². The standard InChI is InChI=1S/C18H32O4/c1-2-3-4-12-15-18(21)22-16-13-10-8-6-5-7-9-11-14-17(19)20/h10,13H,2-9,11-12,14-16H2,1H3,(H,19,20)/b13-10-. The average Bonchev–Trinajstić information content (AvgIpc) is 2.49. The van der Waals surface area contributed by atoms with Gasteiger partial charge < -0.3 is 9.84 Å².